The minimum absolute atomic E-state index is 0.166. The Balaban J connectivity index is 1.41. The first-order chi connectivity index (χ1) is 11.7. The van der Waals surface area contributed by atoms with Crippen LogP contribution in [0.5, 0.6) is 5.75 Å². The quantitative estimate of drug-likeness (QED) is 0.924. The zero-order valence-electron chi connectivity index (χ0n) is 14.4. The Labute approximate surface area is 144 Å². The number of fused-ring (bicyclic) bond motifs is 4. The molecule has 3 heterocycles. The van der Waals surface area contributed by atoms with Gasteiger partial charge in [-0.2, -0.15) is 0 Å². The number of hydrogen-bond acceptors (Lipinski definition) is 3. The third-order valence-electron chi connectivity index (χ3n) is 6.23. The third kappa shape index (κ3) is 3.30. The molecule has 1 aromatic rings. The molecule has 2 bridgehead atoms. The van der Waals surface area contributed by atoms with Crippen molar-refractivity contribution in [3.63, 3.8) is 0 Å². The number of benzene rings is 1. The van der Waals surface area contributed by atoms with Gasteiger partial charge in [0.25, 0.3) is 0 Å². The van der Waals surface area contributed by atoms with Gasteiger partial charge < -0.3 is 10.0 Å². The number of para-hydroxylation sites is 1. The molecule has 1 aliphatic carbocycles. The summed E-state index contributed by atoms with van der Waals surface area (Å²) in [5.74, 6) is 1.92. The largest absolute Gasteiger partial charge is 0.508 e. The summed E-state index contributed by atoms with van der Waals surface area (Å²) in [4.78, 5) is 17.5. The summed E-state index contributed by atoms with van der Waals surface area (Å²) in [6.07, 6.45) is 6.99. The molecule has 5 rings (SSSR count). The zero-order chi connectivity index (χ0) is 16.5. The predicted molar refractivity (Wildman–Crippen MR) is 93.8 cm³/mol. The highest BCUT2D eigenvalue weighted by Crippen LogP contribution is 2.33. The van der Waals surface area contributed by atoms with E-state index in [2.05, 4.69) is 9.80 Å². The van der Waals surface area contributed by atoms with Crippen molar-refractivity contribution >= 4 is 5.91 Å². The molecule has 0 radical (unpaired) electrons. The van der Waals surface area contributed by atoms with E-state index < -0.39 is 0 Å². The molecule has 2 atom stereocenters. The van der Waals surface area contributed by atoms with Crippen molar-refractivity contribution in [3.8, 4) is 5.75 Å². The first-order valence-electron chi connectivity index (χ1n) is 9.47. The summed E-state index contributed by atoms with van der Waals surface area (Å²) in [6, 6.07) is 7.73. The Kier molecular flexibility index (Phi) is 4.49. The van der Waals surface area contributed by atoms with Crippen molar-refractivity contribution in [1.29, 1.82) is 0 Å². The van der Waals surface area contributed by atoms with E-state index in [-0.39, 0.29) is 11.7 Å². The van der Waals surface area contributed by atoms with Crippen LogP contribution in [-0.2, 0) is 11.2 Å². The third-order valence-corrected chi connectivity index (χ3v) is 6.23. The van der Waals surface area contributed by atoms with Crippen LogP contribution >= 0.6 is 0 Å². The summed E-state index contributed by atoms with van der Waals surface area (Å²) in [7, 11) is 0. The molecule has 0 unspecified atom stereocenters. The summed E-state index contributed by atoms with van der Waals surface area (Å²) < 4.78 is 0. The number of amides is 1. The molecule has 4 aliphatic rings. The molecule has 1 saturated carbocycles. The van der Waals surface area contributed by atoms with Gasteiger partial charge in [0.15, 0.2) is 0 Å². The molecule has 4 nitrogen and oxygen atoms in total. The molecule has 1 N–H and O–H groups in total. The molecule has 0 aromatic heterocycles. The van der Waals surface area contributed by atoms with Crippen LogP contribution in [0.1, 0.15) is 37.7 Å². The van der Waals surface area contributed by atoms with Gasteiger partial charge in [0.1, 0.15) is 5.75 Å². The van der Waals surface area contributed by atoms with Crippen LogP contribution in [0.4, 0.5) is 0 Å². The molecule has 4 fully saturated rings. The van der Waals surface area contributed by atoms with Gasteiger partial charge in [0.2, 0.25) is 5.91 Å². The van der Waals surface area contributed by atoms with Gasteiger partial charge in [0, 0.05) is 37.8 Å². The number of aromatic hydroxyl groups is 1. The van der Waals surface area contributed by atoms with Crippen LogP contribution in [0, 0.1) is 11.8 Å². The molecule has 3 saturated heterocycles. The van der Waals surface area contributed by atoms with Crippen LogP contribution in [0.25, 0.3) is 0 Å². The fourth-order valence-electron chi connectivity index (χ4n) is 4.55. The molecular weight excluding hydrogens is 300 g/mol. The van der Waals surface area contributed by atoms with Crippen molar-refractivity contribution < 1.29 is 9.90 Å². The number of piperidine rings is 1. The summed E-state index contributed by atoms with van der Waals surface area (Å²) in [5, 5.41) is 9.93. The van der Waals surface area contributed by atoms with Crippen molar-refractivity contribution in [1.82, 2.24) is 9.80 Å². The Morgan fingerprint density at radius 3 is 2.67 bits per heavy atom. The molecule has 130 valence electrons. The normalized spacial score (nSPS) is 27.8. The number of nitrogens with zero attached hydrogens (tertiary/aromatic N) is 2. The molecule has 4 heteroatoms. The minimum atomic E-state index is 0.166. The van der Waals surface area contributed by atoms with E-state index in [1.165, 1.54) is 45.2 Å². The second-order valence-electron chi connectivity index (χ2n) is 7.95. The van der Waals surface area contributed by atoms with Crippen molar-refractivity contribution in [2.75, 3.05) is 26.2 Å². The Morgan fingerprint density at radius 2 is 1.92 bits per heavy atom. The summed E-state index contributed by atoms with van der Waals surface area (Å²) in [6.45, 7) is 4.17. The fraction of sp³-hybridized carbons (Fsp3) is 0.650. The highest BCUT2D eigenvalue weighted by molar-refractivity contribution is 5.79. The molecule has 3 aliphatic heterocycles. The maximum atomic E-state index is 12.8. The van der Waals surface area contributed by atoms with E-state index in [0.717, 1.165) is 24.6 Å². The number of carbonyl (C=O) groups excluding carboxylic acids is 1. The van der Waals surface area contributed by atoms with Gasteiger partial charge in [-0.25, -0.2) is 0 Å². The monoisotopic (exact) mass is 328 g/mol. The van der Waals surface area contributed by atoms with E-state index in [0.29, 0.717) is 18.4 Å². The van der Waals surface area contributed by atoms with E-state index in [1.807, 2.05) is 12.1 Å². The zero-order valence-corrected chi connectivity index (χ0v) is 14.4. The van der Waals surface area contributed by atoms with Crippen LogP contribution in [0.2, 0.25) is 0 Å². The molecule has 0 spiro atoms. The van der Waals surface area contributed by atoms with E-state index >= 15 is 0 Å². The molecule has 24 heavy (non-hydrogen) atoms. The highest BCUT2D eigenvalue weighted by atomic mass is 16.3. The average molecular weight is 328 g/mol. The Bertz CT molecular complexity index is 599. The van der Waals surface area contributed by atoms with Crippen molar-refractivity contribution in [3.05, 3.63) is 29.8 Å². The molecule has 1 aromatic carbocycles. The number of phenols is 1. The molecular formula is C20H28N2O2. The SMILES string of the molecule is O=C(Cc1ccccc1O)N1C[C@H]2CC[C@@H](C1)N(CC1CCC1)C2. The van der Waals surface area contributed by atoms with E-state index in [1.54, 1.807) is 12.1 Å². The second-order valence-corrected chi connectivity index (χ2v) is 7.95. The van der Waals surface area contributed by atoms with E-state index in [9.17, 15) is 9.90 Å². The lowest BCUT2D eigenvalue weighted by Gasteiger charge is -2.40. The predicted octanol–water partition coefficient (Wildman–Crippen LogP) is 2.66. The van der Waals surface area contributed by atoms with Crippen LogP contribution in [0.15, 0.2) is 24.3 Å². The van der Waals surface area contributed by atoms with E-state index in [4.69, 9.17) is 0 Å². The first kappa shape index (κ1) is 15.9. The first-order valence-corrected chi connectivity index (χ1v) is 9.47. The average Bonchev–Trinajstić information content (AvgIpc) is 2.85. The van der Waals surface area contributed by atoms with Gasteiger partial charge >= 0.3 is 0 Å². The maximum absolute atomic E-state index is 12.8. The standard InChI is InChI=1S/C20H28N2O2/c23-19-7-2-1-6-17(19)10-20(24)22-13-16-8-9-18(14-22)21(12-16)11-15-4-3-5-15/h1-2,6-7,15-16,18,23H,3-5,8-14H2/t16-,18-/m0/s1. The smallest absolute Gasteiger partial charge is 0.227 e. The number of hydrogen-bond donors (Lipinski definition) is 1. The second kappa shape index (κ2) is 6.75. The molecule has 1 amide bonds. The van der Waals surface area contributed by atoms with Crippen LogP contribution in [0.3, 0.4) is 0 Å². The Hall–Kier alpha value is -1.55. The topological polar surface area (TPSA) is 43.8 Å². The van der Waals surface area contributed by atoms with Crippen LogP contribution in [-0.4, -0.2) is 53.0 Å². The van der Waals surface area contributed by atoms with Gasteiger partial charge in [-0.1, -0.05) is 24.6 Å². The summed E-state index contributed by atoms with van der Waals surface area (Å²) >= 11 is 0. The lowest BCUT2D eigenvalue weighted by molar-refractivity contribution is -0.130. The number of rotatable bonds is 4. The lowest BCUT2D eigenvalue weighted by atomic mass is 9.83. The highest BCUT2D eigenvalue weighted by Gasteiger charge is 2.37. The van der Waals surface area contributed by atoms with Gasteiger partial charge in [-0.3, -0.25) is 9.69 Å². The van der Waals surface area contributed by atoms with Crippen LogP contribution < -0.4 is 0 Å². The van der Waals surface area contributed by atoms with Gasteiger partial charge in [0.05, 0.1) is 6.42 Å². The number of phenolic OH excluding ortho intramolecular Hbond substituents is 1. The lowest BCUT2D eigenvalue weighted by Crippen LogP contribution is -2.47. The summed E-state index contributed by atoms with van der Waals surface area (Å²) in [5.41, 5.74) is 0.741. The van der Waals surface area contributed by atoms with Gasteiger partial charge in [-0.05, 0) is 43.6 Å². The number of carbonyl (C=O) groups is 1. The van der Waals surface area contributed by atoms with Crippen molar-refractivity contribution in [2.45, 2.75) is 44.6 Å². The fourth-order valence-corrected chi connectivity index (χ4v) is 4.55. The van der Waals surface area contributed by atoms with Crippen molar-refractivity contribution in [2.24, 2.45) is 11.8 Å². The maximum Gasteiger partial charge on any atom is 0.227 e. The minimum Gasteiger partial charge on any atom is -0.508 e. The Morgan fingerprint density at radius 1 is 1.08 bits per heavy atom. The van der Waals surface area contributed by atoms with Gasteiger partial charge in [-0.15, -0.1) is 0 Å².